The Morgan fingerprint density at radius 2 is 1.38 bits per heavy atom. The van der Waals surface area contributed by atoms with Crippen LogP contribution >= 0.6 is 0 Å². The number of phenolic OH excluding ortho intramolecular Hbond substituents is 1. The van der Waals surface area contributed by atoms with Crippen molar-refractivity contribution in [2.24, 2.45) is 10.2 Å². The summed E-state index contributed by atoms with van der Waals surface area (Å²) >= 11 is 0. The number of nitrogens with zero attached hydrogens (tertiary/aromatic N) is 2. The molecule has 32 heavy (non-hydrogen) atoms. The number of hydrogen-bond acceptors (Lipinski definition) is 10. The first-order valence-electron chi connectivity index (χ1n) is 8.12. The zero-order valence-corrected chi connectivity index (χ0v) is 17.9. The van der Waals surface area contributed by atoms with Gasteiger partial charge in [0.15, 0.2) is 5.75 Å². The van der Waals surface area contributed by atoms with Crippen molar-refractivity contribution in [3.63, 3.8) is 0 Å². The second-order valence-electron chi connectivity index (χ2n) is 6.31. The van der Waals surface area contributed by atoms with Gasteiger partial charge in [0.2, 0.25) is 0 Å². The van der Waals surface area contributed by atoms with E-state index in [0.29, 0.717) is 0 Å². The van der Waals surface area contributed by atoms with Gasteiger partial charge in [0, 0.05) is 11.1 Å². The van der Waals surface area contributed by atoms with Gasteiger partial charge in [-0.3, -0.25) is 13.7 Å². The average molecular weight is 503 g/mol. The van der Waals surface area contributed by atoms with E-state index in [1.54, 1.807) is 0 Å². The van der Waals surface area contributed by atoms with Gasteiger partial charge in [-0.05, 0) is 41.8 Å². The zero-order valence-electron chi connectivity index (χ0n) is 15.5. The Morgan fingerprint density at radius 3 is 1.94 bits per heavy atom. The largest absolute Gasteiger partial charge is 0.505 e. The number of phenols is 1. The van der Waals surface area contributed by atoms with Crippen molar-refractivity contribution in [3.05, 3.63) is 42.5 Å². The van der Waals surface area contributed by atoms with Crippen LogP contribution in [0.1, 0.15) is 0 Å². The Labute approximate surface area is 181 Å². The number of rotatable bonds is 5. The monoisotopic (exact) mass is 503 g/mol. The molecule has 0 amide bonds. The van der Waals surface area contributed by atoms with Crippen molar-refractivity contribution in [1.82, 2.24) is 0 Å². The van der Waals surface area contributed by atoms with Crippen molar-refractivity contribution >= 4 is 58.2 Å². The molecule has 0 fully saturated rings. The maximum absolute atomic E-state index is 11.8. The van der Waals surface area contributed by atoms with E-state index in [-0.39, 0.29) is 22.1 Å². The first kappa shape index (κ1) is 23.5. The van der Waals surface area contributed by atoms with Gasteiger partial charge >= 0.3 is 0 Å². The third-order valence-corrected chi connectivity index (χ3v) is 6.66. The van der Waals surface area contributed by atoms with E-state index in [4.69, 9.17) is 10.3 Å². The number of fused-ring (bicyclic) bond motifs is 1. The van der Waals surface area contributed by atoms with Crippen molar-refractivity contribution < 1.29 is 44.0 Å². The SMILES string of the molecule is Nc1cc(S(=O)(=O)O)cc2cc(S(=O)(=O)O)c(N=Nc3cccc(S(=O)(=O)O)c3)c(O)c12. The summed E-state index contributed by atoms with van der Waals surface area (Å²) in [6, 6.07) is 6.77. The van der Waals surface area contributed by atoms with Gasteiger partial charge in [-0.1, -0.05) is 6.07 Å². The standard InChI is InChI=1S/C16H13N3O10S3/c17-12-7-11(31(24,25)26)4-8-5-13(32(27,28)29)15(16(20)14(8)12)19-18-9-2-1-3-10(6-9)30(21,22)23/h1-7,20H,17H2,(H,21,22,23)(H,24,25,26)(H,27,28,29). The van der Waals surface area contributed by atoms with Crippen molar-refractivity contribution in [2.75, 3.05) is 5.73 Å². The van der Waals surface area contributed by atoms with Crippen molar-refractivity contribution in [2.45, 2.75) is 14.7 Å². The predicted molar refractivity (Wildman–Crippen MR) is 110 cm³/mol. The van der Waals surface area contributed by atoms with Gasteiger partial charge in [0.05, 0.1) is 15.5 Å². The van der Waals surface area contributed by atoms with Crippen LogP contribution in [0.3, 0.4) is 0 Å². The van der Waals surface area contributed by atoms with Crippen LogP contribution in [0.15, 0.2) is 67.4 Å². The minimum atomic E-state index is -5.05. The van der Waals surface area contributed by atoms with E-state index in [9.17, 15) is 39.5 Å². The number of nitrogens with two attached hydrogens (primary N) is 1. The summed E-state index contributed by atoms with van der Waals surface area (Å²) in [4.78, 5) is -2.21. The molecule has 0 aliphatic heterocycles. The molecule has 3 aromatic rings. The Morgan fingerprint density at radius 1 is 0.750 bits per heavy atom. The molecular formula is C16H13N3O10S3. The number of aromatic hydroxyl groups is 1. The fourth-order valence-corrected chi connectivity index (χ4v) is 4.48. The lowest BCUT2D eigenvalue weighted by Crippen LogP contribution is -2.02. The molecule has 6 N–H and O–H groups in total. The van der Waals surface area contributed by atoms with Crippen LogP contribution in [0, 0.1) is 0 Å². The zero-order chi connectivity index (χ0) is 24.1. The van der Waals surface area contributed by atoms with E-state index in [1.165, 1.54) is 12.1 Å². The molecule has 13 nitrogen and oxygen atoms in total. The summed E-state index contributed by atoms with van der Waals surface area (Å²) in [5.41, 5.74) is 4.41. The van der Waals surface area contributed by atoms with Gasteiger partial charge in [-0.15, -0.1) is 5.11 Å². The Bertz CT molecular complexity index is 1610. The van der Waals surface area contributed by atoms with Crippen LogP contribution in [0.4, 0.5) is 17.1 Å². The summed E-state index contributed by atoms with van der Waals surface area (Å²) in [5.74, 6) is -0.899. The molecular weight excluding hydrogens is 490 g/mol. The lowest BCUT2D eigenvalue weighted by Gasteiger charge is -2.11. The second kappa shape index (κ2) is 7.76. The first-order valence-corrected chi connectivity index (χ1v) is 12.4. The molecule has 16 heteroatoms. The molecule has 0 spiro atoms. The Kier molecular flexibility index (Phi) is 5.71. The van der Waals surface area contributed by atoms with Gasteiger partial charge in [-0.25, -0.2) is 0 Å². The highest BCUT2D eigenvalue weighted by Gasteiger charge is 2.24. The van der Waals surface area contributed by atoms with Crippen LogP contribution in [-0.4, -0.2) is 44.0 Å². The maximum atomic E-state index is 11.8. The molecule has 0 bridgehead atoms. The van der Waals surface area contributed by atoms with Gasteiger partial charge in [-0.2, -0.15) is 30.4 Å². The van der Waals surface area contributed by atoms with Crippen LogP contribution in [-0.2, 0) is 30.4 Å². The molecule has 0 radical (unpaired) electrons. The fraction of sp³-hybridized carbons (Fsp3) is 0. The Hall–Kier alpha value is -3.15. The molecule has 3 aromatic carbocycles. The fourth-order valence-electron chi connectivity index (χ4n) is 2.75. The molecule has 0 aliphatic rings. The quantitative estimate of drug-likeness (QED) is 0.192. The molecule has 0 saturated heterocycles. The highest BCUT2D eigenvalue weighted by molar-refractivity contribution is 7.86. The lowest BCUT2D eigenvalue weighted by molar-refractivity contribution is 0.472. The van der Waals surface area contributed by atoms with Crippen LogP contribution in [0.2, 0.25) is 0 Å². The normalized spacial score (nSPS) is 13.1. The number of anilines is 1. The average Bonchev–Trinajstić information content (AvgIpc) is 2.64. The molecule has 0 atom stereocenters. The third-order valence-electron chi connectivity index (χ3n) is 4.11. The summed E-state index contributed by atoms with van der Waals surface area (Å²) in [6.45, 7) is 0. The molecule has 0 heterocycles. The number of benzene rings is 3. The molecule has 170 valence electrons. The summed E-state index contributed by atoms with van der Waals surface area (Å²) in [6.07, 6.45) is 0. The summed E-state index contributed by atoms with van der Waals surface area (Å²) < 4.78 is 96.8. The molecule has 0 saturated carbocycles. The Balaban J connectivity index is 2.30. The van der Waals surface area contributed by atoms with E-state index in [0.717, 1.165) is 30.3 Å². The van der Waals surface area contributed by atoms with E-state index < -0.39 is 56.5 Å². The van der Waals surface area contributed by atoms with Crippen LogP contribution < -0.4 is 5.73 Å². The van der Waals surface area contributed by atoms with Crippen molar-refractivity contribution in [3.8, 4) is 5.75 Å². The molecule has 3 rings (SSSR count). The highest BCUT2D eigenvalue weighted by Crippen LogP contribution is 2.44. The smallest absolute Gasteiger partial charge is 0.296 e. The van der Waals surface area contributed by atoms with Crippen LogP contribution in [0.25, 0.3) is 10.8 Å². The highest BCUT2D eigenvalue weighted by atomic mass is 32.2. The summed E-state index contributed by atoms with van der Waals surface area (Å²) in [7, 11) is -14.4. The second-order valence-corrected chi connectivity index (χ2v) is 10.5. The van der Waals surface area contributed by atoms with E-state index in [2.05, 4.69) is 10.2 Å². The minimum Gasteiger partial charge on any atom is -0.505 e. The number of nitrogen functional groups attached to an aromatic ring is 1. The van der Waals surface area contributed by atoms with Gasteiger partial charge < -0.3 is 10.8 Å². The first-order chi connectivity index (χ1) is 14.6. The lowest BCUT2D eigenvalue weighted by atomic mass is 10.1. The van der Waals surface area contributed by atoms with E-state index >= 15 is 0 Å². The molecule has 0 aliphatic carbocycles. The van der Waals surface area contributed by atoms with Gasteiger partial charge in [0.1, 0.15) is 10.6 Å². The topological polar surface area (TPSA) is 234 Å². The predicted octanol–water partition coefficient (Wildman–Crippen LogP) is 2.28. The number of hydrogen-bond donors (Lipinski definition) is 5. The maximum Gasteiger partial charge on any atom is 0.296 e. The molecule has 0 unspecified atom stereocenters. The van der Waals surface area contributed by atoms with Crippen LogP contribution in [0.5, 0.6) is 5.75 Å². The minimum absolute atomic E-state index is 0.171. The third kappa shape index (κ3) is 4.69. The molecule has 0 aromatic heterocycles. The van der Waals surface area contributed by atoms with Gasteiger partial charge in [0.25, 0.3) is 30.4 Å². The summed E-state index contributed by atoms with van der Waals surface area (Å²) in [5, 5.41) is 17.2. The number of azo groups is 1. The van der Waals surface area contributed by atoms with Crippen molar-refractivity contribution in [1.29, 1.82) is 0 Å². The van der Waals surface area contributed by atoms with E-state index in [1.807, 2.05) is 0 Å².